The summed E-state index contributed by atoms with van der Waals surface area (Å²) < 4.78 is 1.86. The molecule has 66 valence electrons. The zero-order chi connectivity index (χ0) is 9.10. The Labute approximate surface area is 77.0 Å². The maximum absolute atomic E-state index is 4.39. The van der Waals surface area contributed by atoms with E-state index in [1.807, 2.05) is 29.1 Å². The van der Waals surface area contributed by atoms with Crippen LogP contribution in [-0.2, 0) is 6.42 Å². The molecule has 13 heavy (non-hydrogen) atoms. The van der Waals surface area contributed by atoms with Crippen LogP contribution in [0.25, 0.3) is 5.69 Å². The molecule has 3 nitrogen and oxygen atoms in total. The van der Waals surface area contributed by atoms with Gasteiger partial charge in [0.05, 0.1) is 11.4 Å². The molecule has 0 bridgehead atoms. The number of aromatic nitrogens is 3. The average molecular weight is 173 g/mol. The van der Waals surface area contributed by atoms with E-state index in [-0.39, 0.29) is 0 Å². The first kappa shape index (κ1) is 7.98. The van der Waals surface area contributed by atoms with Crippen molar-refractivity contribution in [1.82, 2.24) is 14.8 Å². The van der Waals surface area contributed by atoms with Gasteiger partial charge in [0.15, 0.2) is 0 Å². The Hall–Kier alpha value is -1.64. The molecular formula is C10H11N3. The zero-order valence-corrected chi connectivity index (χ0v) is 7.51. The molecule has 0 saturated carbocycles. The summed E-state index contributed by atoms with van der Waals surface area (Å²) in [5, 5.41) is 4.39. The minimum atomic E-state index is 0.970. The van der Waals surface area contributed by atoms with E-state index < -0.39 is 0 Å². The van der Waals surface area contributed by atoms with Crippen molar-refractivity contribution in [3.05, 3.63) is 42.5 Å². The molecule has 0 N–H and O–H groups in total. The molecule has 3 heteroatoms. The number of hydrogen-bond acceptors (Lipinski definition) is 2. The van der Waals surface area contributed by atoms with Crippen molar-refractivity contribution in [2.75, 3.05) is 0 Å². The lowest BCUT2D eigenvalue weighted by Crippen LogP contribution is -1.95. The van der Waals surface area contributed by atoms with Gasteiger partial charge in [-0.1, -0.05) is 6.92 Å². The minimum absolute atomic E-state index is 0.970. The molecule has 0 aromatic carbocycles. The first-order valence-corrected chi connectivity index (χ1v) is 4.35. The molecule has 2 aromatic rings. The summed E-state index contributed by atoms with van der Waals surface area (Å²) in [4.78, 5) is 3.96. The van der Waals surface area contributed by atoms with Crippen LogP contribution in [0.15, 0.2) is 36.8 Å². The standard InChI is InChI=1S/C10H11N3/c1-2-9-5-8-13(12-9)10-3-6-11-7-4-10/h3-8H,2H2,1H3. The number of aryl methyl sites for hydroxylation is 1. The topological polar surface area (TPSA) is 30.7 Å². The van der Waals surface area contributed by atoms with Gasteiger partial charge in [-0.3, -0.25) is 4.98 Å². The lowest BCUT2D eigenvalue weighted by Gasteiger charge is -1.98. The molecule has 2 aromatic heterocycles. The Balaban J connectivity index is 2.36. The van der Waals surface area contributed by atoms with Crippen LogP contribution >= 0.6 is 0 Å². The SMILES string of the molecule is CCc1ccn(-c2ccncc2)n1. The van der Waals surface area contributed by atoms with Crippen LogP contribution in [-0.4, -0.2) is 14.8 Å². The second-order valence-corrected chi connectivity index (χ2v) is 2.81. The normalized spacial score (nSPS) is 10.2. The molecule has 0 aliphatic rings. The summed E-state index contributed by atoms with van der Waals surface area (Å²) in [7, 11) is 0. The minimum Gasteiger partial charge on any atom is -0.265 e. The van der Waals surface area contributed by atoms with Gasteiger partial charge in [-0.15, -0.1) is 0 Å². The lowest BCUT2D eigenvalue weighted by molar-refractivity contribution is 0.839. The molecule has 0 saturated heterocycles. The van der Waals surface area contributed by atoms with E-state index in [4.69, 9.17) is 0 Å². The quantitative estimate of drug-likeness (QED) is 0.693. The molecule has 0 fully saturated rings. The van der Waals surface area contributed by atoms with E-state index in [1.54, 1.807) is 12.4 Å². The molecule has 0 aliphatic heterocycles. The summed E-state index contributed by atoms with van der Waals surface area (Å²) >= 11 is 0. The Bertz CT molecular complexity index is 378. The highest BCUT2D eigenvalue weighted by Crippen LogP contribution is 2.05. The average Bonchev–Trinajstić information content (AvgIpc) is 2.67. The highest BCUT2D eigenvalue weighted by Gasteiger charge is 1.97. The highest BCUT2D eigenvalue weighted by atomic mass is 15.3. The first-order chi connectivity index (χ1) is 6.40. The Morgan fingerprint density at radius 2 is 2.00 bits per heavy atom. The Kier molecular flexibility index (Phi) is 2.08. The number of rotatable bonds is 2. The van der Waals surface area contributed by atoms with E-state index >= 15 is 0 Å². The molecular weight excluding hydrogens is 162 g/mol. The van der Waals surface area contributed by atoms with Crippen LogP contribution in [0.5, 0.6) is 0 Å². The van der Waals surface area contributed by atoms with Crippen LogP contribution in [0.1, 0.15) is 12.6 Å². The second kappa shape index (κ2) is 3.39. The van der Waals surface area contributed by atoms with Crippen LogP contribution in [0, 0.1) is 0 Å². The van der Waals surface area contributed by atoms with Crippen molar-refractivity contribution < 1.29 is 0 Å². The third kappa shape index (κ3) is 1.59. The van der Waals surface area contributed by atoms with Crippen molar-refractivity contribution in [3.63, 3.8) is 0 Å². The molecule has 0 spiro atoms. The summed E-state index contributed by atoms with van der Waals surface area (Å²) in [5.74, 6) is 0. The van der Waals surface area contributed by atoms with E-state index in [2.05, 4.69) is 17.0 Å². The largest absolute Gasteiger partial charge is 0.265 e. The van der Waals surface area contributed by atoms with Crippen molar-refractivity contribution >= 4 is 0 Å². The first-order valence-electron chi connectivity index (χ1n) is 4.35. The number of nitrogens with zero attached hydrogens (tertiary/aromatic N) is 3. The molecule has 0 radical (unpaired) electrons. The lowest BCUT2D eigenvalue weighted by atomic mass is 10.4. The van der Waals surface area contributed by atoms with Crippen LogP contribution < -0.4 is 0 Å². The molecule has 0 amide bonds. The fourth-order valence-electron chi connectivity index (χ4n) is 1.19. The van der Waals surface area contributed by atoms with Gasteiger partial charge < -0.3 is 0 Å². The van der Waals surface area contributed by atoms with Gasteiger partial charge in [0.2, 0.25) is 0 Å². The fraction of sp³-hybridized carbons (Fsp3) is 0.200. The molecule has 0 aliphatic carbocycles. The summed E-state index contributed by atoms with van der Waals surface area (Å²) in [6, 6.07) is 5.90. The highest BCUT2D eigenvalue weighted by molar-refractivity contribution is 5.27. The maximum Gasteiger partial charge on any atom is 0.0676 e. The Morgan fingerprint density at radius 3 is 2.62 bits per heavy atom. The van der Waals surface area contributed by atoms with E-state index in [9.17, 15) is 0 Å². The van der Waals surface area contributed by atoms with Crippen LogP contribution in [0.4, 0.5) is 0 Å². The van der Waals surface area contributed by atoms with Gasteiger partial charge in [0.1, 0.15) is 0 Å². The predicted octanol–water partition coefficient (Wildman–Crippen LogP) is 1.83. The van der Waals surface area contributed by atoms with Crippen LogP contribution in [0.2, 0.25) is 0 Å². The van der Waals surface area contributed by atoms with Crippen molar-refractivity contribution in [2.45, 2.75) is 13.3 Å². The third-order valence-electron chi connectivity index (χ3n) is 1.93. The van der Waals surface area contributed by atoms with Crippen LogP contribution in [0.3, 0.4) is 0 Å². The zero-order valence-electron chi connectivity index (χ0n) is 7.51. The van der Waals surface area contributed by atoms with Crippen molar-refractivity contribution in [2.24, 2.45) is 0 Å². The summed E-state index contributed by atoms with van der Waals surface area (Å²) in [6.07, 6.45) is 6.47. The molecule has 0 atom stereocenters. The van der Waals surface area contributed by atoms with Crippen molar-refractivity contribution in [1.29, 1.82) is 0 Å². The fourth-order valence-corrected chi connectivity index (χ4v) is 1.19. The van der Waals surface area contributed by atoms with E-state index in [1.165, 1.54) is 0 Å². The number of hydrogen-bond donors (Lipinski definition) is 0. The Morgan fingerprint density at radius 1 is 1.23 bits per heavy atom. The summed E-state index contributed by atoms with van der Waals surface area (Å²) in [5.41, 5.74) is 2.16. The van der Waals surface area contributed by atoms with Gasteiger partial charge in [0, 0.05) is 18.6 Å². The monoisotopic (exact) mass is 173 g/mol. The predicted molar refractivity (Wildman–Crippen MR) is 50.7 cm³/mol. The maximum atomic E-state index is 4.39. The smallest absolute Gasteiger partial charge is 0.0676 e. The molecule has 2 rings (SSSR count). The van der Waals surface area contributed by atoms with Gasteiger partial charge in [-0.2, -0.15) is 5.10 Å². The van der Waals surface area contributed by atoms with E-state index in [0.717, 1.165) is 17.8 Å². The summed E-state index contributed by atoms with van der Waals surface area (Å²) in [6.45, 7) is 2.10. The van der Waals surface area contributed by atoms with Gasteiger partial charge in [-0.05, 0) is 24.6 Å². The third-order valence-corrected chi connectivity index (χ3v) is 1.93. The van der Waals surface area contributed by atoms with Gasteiger partial charge >= 0.3 is 0 Å². The van der Waals surface area contributed by atoms with Gasteiger partial charge in [0.25, 0.3) is 0 Å². The second-order valence-electron chi connectivity index (χ2n) is 2.81. The molecule has 2 heterocycles. The number of pyridine rings is 1. The molecule has 0 unspecified atom stereocenters. The van der Waals surface area contributed by atoms with Gasteiger partial charge in [-0.25, -0.2) is 4.68 Å². The van der Waals surface area contributed by atoms with E-state index in [0.29, 0.717) is 0 Å². The van der Waals surface area contributed by atoms with Crippen molar-refractivity contribution in [3.8, 4) is 5.69 Å².